The second-order valence-electron chi connectivity index (χ2n) is 10.1. The summed E-state index contributed by atoms with van der Waals surface area (Å²) in [4.78, 5) is 8.10. The van der Waals surface area contributed by atoms with Gasteiger partial charge in [0.25, 0.3) is 0 Å². The molecule has 3 aliphatic rings. The lowest BCUT2D eigenvalue weighted by atomic mass is 10.1. The second-order valence-corrected chi connectivity index (χ2v) is 11.3. The Hall–Kier alpha value is -1.47. The Morgan fingerprint density at radius 1 is 0.943 bits per heavy atom. The molecule has 0 bridgehead atoms. The van der Waals surface area contributed by atoms with Gasteiger partial charge in [0.2, 0.25) is 5.88 Å². The molecular weight excluding hydrogens is 483 g/mol. The Morgan fingerprint density at radius 3 is 2.31 bits per heavy atom. The Kier molecular flexibility index (Phi) is 8.26. The fraction of sp³-hybridized carbons (Fsp3) is 0.783. The maximum atomic E-state index is 14.3. The molecule has 1 aromatic rings. The lowest BCUT2D eigenvalue weighted by Crippen LogP contribution is -2.58. The first-order valence-electron chi connectivity index (χ1n) is 12.1. The molecule has 35 heavy (non-hydrogen) atoms. The number of hydrogen-bond donors (Lipinski definition) is 0. The van der Waals surface area contributed by atoms with E-state index < -0.39 is 17.8 Å². The monoisotopic (exact) mass is 519 g/mol. The lowest BCUT2D eigenvalue weighted by molar-refractivity contribution is -0.153. The number of aromatic nitrogens is 1. The molecule has 4 heterocycles. The van der Waals surface area contributed by atoms with Gasteiger partial charge in [0.1, 0.15) is 17.5 Å². The minimum absolute atomic E-state index is 0.0988. The summed E-state index contributed by atoms with van der Waals surface area (Å²) in [5, 5.41) is 0. The van der Waals surface area contributed by atoms with Gasteiger partial charge in [0, 0.05) is 75.3 Å². The maximum Gasteiger partial charge on any atom is 0.410 e. The van der Waals surface area contributed by atoms with Crippen LogP contribution in [0.2, 0.25) is 0 Å². The van der Waals surface area contributed by atoms with Crippen LogP contribution in [-0.2, 0) is 9.47 Å². The van der Waals surface area contributed by atoms with Crippen molar-refractivity contribution < 1.29 is 27.4 Å². The van der Waals surface area contributed by atoms with Gasteiger partial charge in [-0.05, 0) is 27.7 Å². The molecule has 8 nitrogen and oxygen atoms in total. The first-order chi connectivity index (χ1) is 16.5. The molecule has 0 spiro atoms. The van der Waals surface area contributed by atoms with Gasteiger partial charge in [0.05, 0.1) is 26.4 Å². The molecule has 3 saturated heterocycles. The minimum Gasteiger partial charge on any atom is -0.472 e. The molecule has 0 N–H and O–H groups in total. The highest BCUT2D eigenvalue weighted by molar-refractivity contribution is 7.94. The summed E-state index contributed by atoms with van der Waals surface area (Å²) in [5.41, 5.74) is 0.271. The Morgan fingerprint density at radius 2 is 1.66 bits per heavy atom. The molecule has 2 atom stereocenters. The zero-order chi connectivity index (χ0) is 25.2. The van der Waals surface area contributed by atoms with E-state index in [1.54, 1.807) is 10.4 Å². The highest BCUT2D eigenvalue weighted by atomic mass is 32.2. The number of alkyl halides is 3. The molecule has 0 aliphatic carbocycles. The van der Waals surface area contributed by atoms with Gasteiger partial charge >= 0.3 is 6.18 Å². The average Bonchev–Trinajstić information content (AvgIpc) is 2.78. The molecule has 0 aromatic carbocycles. The van der Waals surface area contributed by atoms with Crippen LogP contribution < -0.4 is 14.5 Å². The fourth-order valence-corrected chi connectivity index (χ4v) is 5.46. The van der Waals surface area contributed by atoms with Crippen LogP contribution in [0, 0.1) is 0 Å². The first-order valence-corrected chi connectivity index (χ1v) is 12.9. The molecule has 198 valence electrons. The summed E-state index contributed by atoms with van der Waals surface area (Å²) in [7, 11) is 0. The number of pyridine rings is 1. The van der Waals surface area contributed by atoms with Crippen molar-refractivity contribution in [1.82, 2.24) is 13.6 Å². The van der Waals surface area contributed by atoms with E-state index in [2.05, 4.69) is 14.2 Å². The third kappa shape index (κ3) is 7.06. The minimum atomic E-state index is -4.40. The molecule has 3 fully saturated rings. The van der Waals surface area contributed by atoms with E-state index in [1.807, 2.05) is 33.8 Å². The first kappa shape index (κ1) is 26.6. The van der Waals surface area contributed by atoms with Crippen molar-refractivity contribution in [2.75, 3.05) is 75.5 Å². The highest BCUT2D eigenvalue weighted by Gasteiger charge is 2.47. The summed E-state index contributed by atoms with van der Waals surface area (Å²) in [6.45, 7) is 12.7. The van der Waals surface area contributed by atoms with E-state index in [-0.39, 0.29) is 19.1 Å². The SMILES string of the molecule is C[C@@H]1COCCN1c1cc(OC(C)(C)C)nc(N2CCN(SN3CCOCC3)CC2C(F)(F)F)c1. The van der Waals surface area contributed by atoms with Crippen LogP contribution in [-0.4, -0.2) is 103 Å². The van der Waals surface area contributed by atoms with Crippen molar-refractivity contribution in [3.8, 4) is 5.88 Å². The smallest absolute Gasteiger partial charge is 0.410 e. The quantitative estimate of drug-likeness (QED) is 0.545. The van der Waals surface area contributed by atoms with Gasteiger partial charge < -0.3 is 24.0 Å². The number of rotatable bonds is 5. The van der Waals surface area contributed by atoms with Crippen molar-refractivity contribution in [3.05, 3.63) is 12.1 Å². The third-order valence-electron chi connectivity index (χ3n) is 6.10. The normalized spacial score (nSPS) is 25.7. The standard InChI is InChI=1S/C23H36F3N5O3S/c1-17-16-33-12-9-30(17)18-13-20(27-21(14-18)34-22(2,3)4)31-6-5-29(15-19(31)23(24,25)26)35-28-7-10-32-11-8-28/h13-14,17,19H,5-12,15-16H2,1-4H3/t17-,19?/m1/s1. The van der Waals surface area contributed by atoms with Crippen LogP contribution in [0.5, 0.6) is 5.88 Å². The average molecular weight is 520 g/mol. The van der Waals surface area contributed by atoms with Gasteiger partial charge in [-0.1, -0.05) is 0 Å². The molecule has 0 amide bonds. The van der Waals surface area contributed by atoms with Crippen molar-refractivity contribution >= 4 is 23.6 Å². The van der Waals surface area contributed by atoms with Crippen LogP contribution in [0.15, 0.2) is 12.1 Å². The van der Waals surface area contributed by atoms with E-state index in [0.29, 0.717) is 64.3 Å². The molecule has 1 aromatic heterocycles. The van der Waals surface area contributed by atoms with E-state index in [4.69, 9.17) is 14.2 Å². The largest absolute Gasteiger partial charge is 0.472 e. The van der Waals surface area contributed by atoms with Gasteiger partial charge in [0.15, 0.2) is 0 Å². The molecule has 12 heteroatoms. The zero-order valence-electron chi connectivity index (χ0n) is 20.9. The Labute approximate surface area is 209 Å². The predicted molar refractivity (Wildman–Crippen MR) is 131 cm³/mol. The highest BCUT2D eigenvalue weighted by Crippen LogP contribution is 2.37. The van der Waals surface area contributed by atoms with Crippen LogP contribution in [0.3, 0.4) is 0 Å². The van der Waals surface area contributed by atoms with Crippen molar-refractivity contribution in [2.45, 2.75) is 51.6 Å². The van der Waals surface area contributed by atoms with Crippen molar-refractivity contribution in [1.29, 1.82) is 0 Å². The molecule has 1 unspecified atom stereocenters. The number of piperazine rings is 1. The van der Waals surface area contributed by atoms with Gasteiger partial charge in [-0.2, -0.15) is 18.2 Å². The summed E-state index contributed by atoms with van der Waals surface area (Å²) in [6.07, 6.45) is -4.40. The van der Waals surface area contributed by atoms with Crippen molar-refractivity contribution in [3.63, 3.8) is 0 Å². The molecular formula is C23H36F3N5O3S. The number of anilines is 2. The summed E-state index contributed by atoms with van der Waals surface area (Å²) < 4.78 is 63.8. The second kappa shape index (κ2) is 10.9. The number of nitrogens with zero attached hydrogens (tertiary/aromatic N) is 5. The van der Waals surface area contributed by atoms with Gasteiger partial charge in [-0.15, -0.1) is 0 Å². The van der Waals surface area contributed by atoms with E-state index in [9.17, 15) is 13.2 Å². The number of ether oxygens (including phenoxy) is 3. The zero-order valence-corrected chi connectivity index (χ0v) is 21.7. The summed E-state index contributed by atoms with van der Waals surface area (Å²) in [5.74, 6) is 0.619. The van der Waals surface area contributed by atoms with Crippen LogP contribution in [0.25, 0.3) is 0 Å². The van der Waals surface area contributed by atoms with Crippen LogP contribution >= 0.6 is 12.1 Å². The molecule has 3 aliphatic heterocycles. The van der Waals surface area contributed by atoms with Crippen LogP contribution in [0.1, 0.15) is 27.7 Å². The topological polar surface area (TPSA) is 53.5 Å². The predicted octanol–water partition coefficient (Wildman–Crippen LogP) is 3.43. The summed E-state index contributed by atoms with van der Waals surface area (Å²) >= 11 is 1.39. The Balaban J connectivity index is 1.61. The van der Waals surface area contributed by atoms with Gasteiger partial charge in [-0.3, -0.25) is 0 Å². The lowest BCUT2D eigenvalue weighted by Gasteiger charge is -2.44. The van der Waals surface area contributed by atoms with E-state index in [1.165, 1.54) is 17.0 Å². The third-order valence-corrected chi connectivity index (χ3v) is 7.26. The fourth-order valence-electron chi connectivity index (χ4n) is 4.45. The number of morpholine rings is 2. The molecule has 4 rings (SSSR count). The van der Waals surface area contributed by atoms with E-state index >= 15 is 0 Å². The van der Waals surface area contributed by atoms with E-state index in [0.717, 1.165) is 5.69 Å². The maximum absolute atomic E-state index is 14.3. The van der Waals surface area contributed by atoms with Gasteiger partial charge in [-0.25, -0.2) is 8.61 Å². The van der Waals surface area contributed by atoms with Crippen LogP contribution in [0.4, 0.5) is 24.7 Å². The Bertz CT molecular complexity index is 851. The molecule has 0 radical (unpaired) electrons. The van der Waals surface area contributed by atoms with Crippen molar-refractivity contribution in [2.24, 2.45) is 0 Å². The number of halogens is 3. The molecule has 0 saturated carbocycles. The number of hydrogen-bond acceptors (Lipinski definition) is 9. The summed E-state index contributed by atoms with van der Waals surface area (Å²) in [6, 6.07) is 2.02.